The molecule has 0 atom stereocenters. The van der Waals surface area contributed by atoms with Crippen molar-refractivity contribution in [2.75, 3.05) is 10.6 Å². The number of benzene rings is 3. The predicted octanol–water partition coefficient (Wildman–Crippen LogP) is 4.71. The van der Waals surface area contributed by atoms with Gasteiger partial charge < -0.3 is 5.11 Å². The number of aromatic hydroxyl groups is 1. The number of anilines is 1. The van der Waals surface area contributed by atoms with E-state index in [1.54, 1.807) is 30.3 Å². The standard InChI is InChI=1S/C25H23NO3S/c1-30(28,29)26(20-10-3-2-4-11-20)18-17-19-9-5-6-12-21(19)23-15-16-25(27)24-14-8-7-13-22(23)24/h2-6,9-12,15-16,27H,7-8,13-14H2,1H3. The van der Waals surface area contributed by atoms with E-state index in [0.717, 1.165) is 58.5 Å². The third kappa shape index (κ3) is 4.05. The van der Waals surface area contributed by atoms with Gasteiger partial charge in [-0.25, -0.2) is 8.42 Å². The Labute approximate surface area is 177 Å². The van der Waals surface area contributed by atoms with Crippen molar-refractivity contribution in [1.82, 2.24) is 0 Å². The Morgan fingerprint density at radius 1 is 0.833 bits per heavy atom. The maximum absolute atomic E-state index is 12.3. The van der Waals surface area contributed by atoms with Crippen molar-refractivity contribution in [2.45, 2.75) is 25.7 Å². The molecular weight excluding hydrogens is 394 g/mol. The fourth-order valence-electron chi connectivity index (χ4n) is 3.94. The number of sulfonamides is 1. The Morgan fingerprint density at radius 2 is 1.50 bits per heavy atom. The number of fused-ring (bicyclic) bond motifs is 1. The van der Waals surface area contributed by atoms with E-state index in [0.29, 0.717) is 11.4 Å². The van der Waals surface area contributed by atoms with Crippen LogP contribution >= 0.6 is 0 Å². The Kier molecular flexibility index (Phi) is 5.52. The second-order valence-corrected chi connectivity index (χ2v) is 9.27. The Balaban J connectivity index is 1.82. The van der Waals surface area contributed by atoms with Gasteiger partial charge in [-0.05, 0) is 78.1 Å². The van der Waals surface area contributed by atoms with Gasteiger partial charge in [-0.1, -0.05) is 42.5 Å². The van der Waals surface area contributed by atoms with E-state index in [-0.39, 0.29) is 0 Å². The predicted molar refractivity (Wildman–Crippen MR) is 121 cm³/mol. The summed E-state index contributed by atoms with van der Waals surface area (Å²) in [7, 11) is -3.56. The molecule has 0 spiro atoms. The third-order valence-electron chi connectivity index (χ3n) is 5.34. The molecule has 30 heavy (non-hydrogen) atoms. The van der Waals surface area contributed by atoms with E-state index >= 15 is 0 Å². The van der Waals surface area contributed by atoms with Crippen LogP contribution in [0.5, 0.6) is 5.75 Å². The Morgan fingerprint density at radius 3 is 2.23 bits per heavy atom. The van der Waals surface area contributed by atoms with E-state index in [2.05, 4.69) is 12.0 Å². The van der Waals surface area contributed by atoms with E-state index in [1.165, 1.54) is 5.56 Å². The summed E-state index contributed by atoms with van der Waals surface area (Å²) in [5.41, 5.74) is 5.44. The molecule has 0 bridgehead atoms. The number of hydrogen-bond donors (Lipinski definition) is 1. The lowest BCUT2D eigenvalue weighted by atomic mass is 9.84. The molecule has 0 aromatic heterocycles. The summed E-state index contributed by atoms with van der Waals surface area (Å²) in [6.07, 6.45) is 5.11. The highest BCUT2D eigenvalue weighted by Crippen LogP contribution is 2.37. The average molecular weight is 418 g/mol. The summed E-state index contributed by atoms with van der Waals surface area (Å²) < 4.78 is 25.8. The van der Waals surface area contributed by atoms with Crippen LogP contribution in [0.3, 0.4) is 0 Å². The second-order valence-electron chi connectivity index (χ2n) is 7.44. The van der Waals surface area contributed by atoms with Gasteiger partial charge in [0, 0.05) is 11.6 Å². The minimum Gasteiger partial charge on any atom is -0.508 e. The first-order valence-corrected chi connectivity index (χ1v) is 11.8. The lowest BCUT2D eigenvalue weighted by molar-refractivity contribution is 0.462. The summed E-state index contributed by atoms with van der Waals surface area (Å²) in [5, 5.41) is 10.3. The van der Waals surface area contributed by atoms with E-state index in [9.17, 15) is 13.5 Å². The van der Waals surface area contributed by atoms with Gasteiger partial charge in [0.1, 0.15) is 5.75 Å². The molecule has 5 heteroatoms. The zero-order chi connectivity index (χ0) is 21.1. The van der Waals surface area contributed by atoms with Gasteiger partial charge in [-0.2, -0.15) is 4.31 Å². The molecule has 1 N–H and O–H groups in total. The average Bonchev–Trinajstić information content (AvgIpc) is 2.75. The zero-order valence-corrected chi connectivity index (χ0v) is 17.6. The summed E-state index contributed by atoms with van der Waals surface area (Å²) in [4.78, 5) is 0. The van der Waals surface area contributed by atoms with Crippen LogP contribution in [0.15, 0.2) is 66.7 Å². The largest absolute Gasteiger partial charge is 0.508 e. The molecule has 0 amide bonds. The van der Waals surface area contributed by atoms with E-state index < -0.39 is 10.0 Å². The molecule has 0 aliphatic heterocycles. The maximum Gasteiger partial charge on any atom is 0.243 e. The van der Waals surface area contributed by atoms with Crippen LogP contribution < -0.4 is 4.31 Å². The molecule has 0 radical (unpaired) electrons. The van der Waals surface area contributed by atoms with Crippen LogP contribution in [-0.4, -0.2) is 19.8 Å². The SMILES string of the molecule is CS(=O)(=O)N(C#Cc1ccccc1-c1ccc(O)c2c1CCCC2)c1ccccc1. The summed E-state index contributed by atoms with van der Waals surface area (Å²) in [6.45, 7) is 0. The molecule has 4 rings (SSSR count). The highest BCUT2D eigenvalue weighted by atomic mass is 32.2. The number of para-hydroxylation sites is 1. The van der Waals surface area contributed by atoms with Gasteiger partial charge in [-0.15, -0.1) is 0 Å². The normalized spacial score (nSPS) is 13.1. The molecule has 1 aliphatic rings. The highest BCUT2D eigenvalue weighted by molar-refractivity contribution is 7.92. The Hall–Kier alpha value is -3.23. The summed E-state index contributed by atoms with van der Waals surface area (Å²) in [6, 6.07) is 23.1. The number of phenols is 1. The monoisotopic (exact) mass is 417 g/mol. The van der Waals surface area contributed by atoms with Crippen molar-refractivity contribution in [1.29, 1.82) is 0 Å². The molecule has 1 aliphatic carbocycles. The van der Waals surface area contributed by atoms with Gasteiger partial charge in [0.05, 0.1) is 11.9 Å². The van der Waals surface area contributed by atoms with E-state index in [4.69, 9.17) is 0 Å². The van der Waals surface area contributed by atoms with Crippen molar-refractivity contribution in [3.05, 3.63) is 83.4 Å². The first-order chi connectivity index (χ1) is 14.4. The van der Waals surface area contributed by atoms with Crippen molar-refractivity contribution in [3.63, 3.8) is 0 Å². The summed E-state index contributed by atoms with van der Waals surface area (Å²) in [5.74, 6) is 3.42. The molecule has 4 nitrogen and oxygen atoms in total. The molecule has 3 aromatic rings. The van der Waals surface area contributed by atoms with Crippen molar-refractivity contribution in [2.24, 2.45) is 0 Å². The third-order valence-corrected chi connectivity index (χ3v) is 6.31. The van der Waals surface area contributed by atoms with Gasteiger partial charge in [0.15, 0.2) is 0 Å². The minimum absolute atomic E-state index is 0.351. The highest BCUT2D eigenvalue weighted by Gasteiger charge is 2.19. The lowest BCUT2D eigenvalue weighted by Crippen LogP contribution is -2.24. The quantitative estimate of drug-likeness (QED) is 0.496. The van der Waals surface area contributed by atoms with Crippen LogP contribution in [0.25, 0.3) is 11.1 Å². The van der Waals surface area contributed by atoms with Crippen molar-refractivity contribution < 1.29 is 13.5 Å². The van der Waals surface area contributed by atoms with Crippen LogP contribution in [0, 0.1) is 12.0 Å². The number of hydrogen-bond acceptors (Lipinski definition) is 3. The molecule has 0 unspecified atom stereocenters. The van der Waals surface area contributed by atoms with Gasteiger partial charge in [0.2, 0.25) is 10.0 Å². The molecule has 0 saturated carbocycles. The smallest absolute Gasteiger partial charge is 0.243 e. The maximum atomic E-state index is 12.3. The number of nitrogens with zero attached hydrogens (tertiary/aromatic N) is 1. The van der Waals surface area contributed by atoms with Crippen molar-refractivity contribution in [3.8, 4) is 28.8 Å². The molecular formula is C25H23NO3S. The molecule has 3 aromatic carbocycles. The van der Waals surface area contributed by atoms with Gasteiger partial charge >= 0.3 is 0 Å². The van der Waals surface area contributed by atoms with Crippen molar-refractivity contribution >= 4 is 15.7 Å². The second kappa shape index (κ2) is 8.25. The zero-order valence-electron chi connectivity index (χ0n) is 16.8. The molecule has 0 heterocycles. The number of rotatable bonds is 3. The van der Waals surface area contributed by atoms with Crippen LogP contribution in [0.2, 0.25) is 0 Å². The van der Waals surface area contributed by atoms with Gasteiger partial charge in [-0.3, -0.25) is 0 Å². The molecule has 0 saturated heterocycles. The minimum atomic E-state index is -3.56. The fourth-order valence-corrected chi connectivity index (χ4v) is 4.66. The topological polar surface area (TPSA) is 57.6 Å². The Bertz CT molecular complexity index is 1240. The first kappa shape index (κ1) is 20.1. The van der Waals surface area contributed by atoms with E-state index in [1.807, 2.05) is 36.4 Å². The summed E-state index contributed by atoms with van der Waals surface area (Å²) >= 11 is 0. The molecule has 0 fully saturated rings. The van der Waals surface area contributed by atoms with Crippen LogP contribution in [0.1, 0.15) is 29.5 Å². The number of phenolic OH excluding ortho intramolecular Hbond substituents is 1. The van der Waals surface area contributed by atoms with Gasteiger partial charge in [0.25, 0.3) is 0 Å². The van der Waals surface area contributed by atoms with Crippen LogP contribution in [0.4, 0.5) is 5.69 Å². The fraction of sp³-hybridized carbons (Fsp3) is 0.200. The van der Waals surface area contributed by atoms with Crippen LogP contribution in [-0.2, 0) is 22.9 Å². The first-order valence-electron chi connectivity index (χ1n) is 9.95. The molecule has 152 valence electrons. The lowest BCUT2D eigenvalue weighted by Gasteiger charge is -2.21.